The van der Waals surface area contributed by atoms with Crippen LogP contribution >= 0.6 is 0 Å². The zero-order chi connectivity index (χ0) is 12.1. The third-order valence-electron chi connectivity index (χ3n) is 3.43. The van der Waals surface area contributed by atoms with Gasteiger partial charge in [-0.3, -0.25) is 4.90 Å². The second-order valence-corrected chi connectivity index (χ2v) is 4.69. The summed E-state index contributed by atoms with van der Waals surface area (Å²) in [6.45, 7) is 7.06. The number of piperazine rings is 1. The van der Waals surface area contributed by atoms with Crippen LogP contribution < -0.4 is 4.90 Å². The number of aliphatic hydroxyl groups is 1. The lowest BCUT2D eigenvalue weighted by Crippen LogP contribution is -2.48. The van der Waals surface area contributed by atoms with Crippen molar-refractivity contribution in [3.8, 4) is 0 Å². The molecule has 1 atom stereocenters. The first-order valence-corrected chi connectivity index (χ1v) is 6.50. The Morgan fingerprint density at radius 1 is 1.12 bits per heavy atom. The van der Waals surface area contributed by atoms with Crippen molar-refractivity contribution in [2.45, 2.75) is 19.4 Å². The molecule has 94 valence electrons. The van der Waals surface area contributed by atoms with E-state index in [2.05, 4.69) is 40.1 Å². The van der Waals surface area contributed by atoms with Crippen LogP contribution in [0.3, 0.4) is 0 Å². The first-order valence-electron chi connectivity index (χ1n) is 6.50. The molecule has 1 fully saturated rings. The number of nitrogens with zero attached hydrogens (tertiary/aromatic N) is 2. The maximum atomic E-state index is 9.64. The highest BCUT2D eigenvalue weighted by Crippen LogP contribution is 2.15. The number of hydrogen-bond donors (Lipinski definition) is 1. The van der Waals surface area contributed by atoms with E-state index in [9.17, 15) is 5.11 Å². The first-order chi connectivity index (χ1) is 8.29. The van der Waals surface area contributed by atoms with Crippen LogP contribution in [-0.4, -0.2) is 48.8 Å². The van der Waals surface area contributed by atoms with Crippen LogP contribution in [0.1, 0.15) is 13.3 Å². The summed E-state index contributed by atoms with van der Waals surface area (Å²) in [6, 6.07) is 10.6. The molecule has 0 bridgehead atoms. The molecule has 1 N–H and O–H groups in total. The molecule has 0 unspecified atom stereocenters. The van der Waals surface area contributed by atoms with Gasteiger partial charge in [0.2, 0.25) is 0 Å². The Morgan fingerprint density at radius 2 is 1.76 bits per heavy atom. The number of β-amino-alcohol motifs (C(OH)–C–C–N with tert-alkyl or cyclic N) is 1. The van der Waals surface area contributed by atoms with Crippen LogP contribution in [0.5, 0.6) is 0 Å². The number of para-hydroxylation sites is 1. The highest BCUT2D eigenvalue weighted by molar-refractivity contribution is 5.46. The van der Waals surface area contributed by atoms with Crippen molar-refractivity contribution in [3.05, 3.63) is 30.3 Å². The van der Waals surface area contributed by atoms with E-state index < -0.39 is 0 Å². The second kappa shape index (κ2) is 6.03. The van der Waals surface area contributed by atoms with Crippen molar-refractivity contribution in [3.63, 3.8) is 0 Å². The fourth-order valence-electron chi connectivity index (χ4n) is 2.25. The third-order valence-corrected chi connectivity index (χ3v) is 3.43. The number of benzene rings is 1. The van der Waals surface area contributed by atoms with Gasteiger partial charge in [0.25, 0.3) is 0 Å². The van der Waals surface area contributed by atoms with E-state index in [4.69, 9.17) is 0 Å². The van der Waals surface area contributed by atoms with E-state index >= 15 is 0 Å². The molecular weight excluding hydrogens is 212 g/mol. The second-order valence-electron chi connectivity index (χ2n) is 4.69. The normalized spacial score (nSPS) is 19.3. The SMILES string of the molecule is CC[C@@H](O)CN1CCN(c2ccccc2)CC1. The molecule has 0 spiro atoms. The number of hydrogen-bond acceptors (Lipinski definition) is 3. The van der Waals surface area contributed by atoms with Crippen molar-refractivity contribution in [2.24, 2.45) is 0 Å². The average Bonchev–Trinajstić information content (AvgIpc) is 2.40. The van der Waals surface area contributed by atoms with Crippen molar-refractivity contribution in [1.82, 2.24) is 4.90 Å². The largest absolute Gasteiger partial charge is 0.392 e. The van der Waals surface area contributed by atoms with Crippen LogP contribution in [0, 0.1) is 0 Å². The smallest absolute Gasteiger partial charge is 0.0664 e. The first kappa shape index (κ1) is 12.4. The molecule has 17 heavy (non-hydrogen) atoms. The Hall–Kier alpha value is -1.06. The third kappa shape index (κ3) is 3.45. The lowest BCUT2D eigenvalue weighted by Gasteiger charge is -2.36. The fraction of sp³-hybridized carbons (Fsp3) is 0.571. The van der Waals surface area contributed by atoms with E-state index in [0.29, 0.717) is 0 Å². The zero-order valence-corrected chi connectivity index (χ0v) is 10.5. The van der Waals surface area contributed by atoms with E-state index in [1.165, 1.54) is 5.69 Å². The van der Waals surface area contributed by atoms with Crippen LogP contribution in [0.4, 0.5) is 5.69 Å². The van der Waals surface area contributed by atoms with Crippen LogP contribution in [0.2, 0.25) is 0 Å². The lowest BCUT2D eigenvalue weighted by atomic mass is 10.2. The molecule has 1 aromatic carbocycles. The maximum Gasteiger partial charge on any atom is 0.0664 e. The minimum atomic E-state index is -0.168. The summed E-state index contributed by atoms with van der Waals surface area (Å²) in [5, 5.41) is 9.64. The number of rotatable bonds is 4. The fourth-order valence-corrected chi connectivity index (χ4v) is 2.25. The lowest BCUT2D eigenvalue weighted by molar-refractivity contribution is 0.106. The van der Waals surface area contributed by atoms with E-state index in [-0.39, 0.29) is 6.10 Å². The molecule has 0 saturated carbocycles. The van der Waals surface area contributed by atoms with Gasteiger partial charge in [-0.15, -0.1) is 0 Å². The molecule has 0 aromatic heterocycles. The summed E-state index contributed by atoms with van der Waals surface area (Å²) in [5.41, 5.74) is 1.31. The van der Waals surface area contributed by atoms with Crippen molar-refractivity contribution >= 4 is 5.69 Å². The maximum absolute atomic E-state index is 9.64. The van der Waals surface area contributed by atoms with E-state index in [1.807, 2.05) is 6.92 Å². The molecular formula is C14H22N2O. The molecule has 1 aliphatic rings. The van der Waals surface area contributed by atoms with Gasteiger partial charge in [0.05, 0.1) is 6.10 Å². The number of aliphatic hydroxyl groups excluding tert-OH is 1. The number of anilines is 1. The van der Waals surface area contributed by atoms with E-state index in [1.54, 1.807) is 0 Å². The summed E-state index contributed by atoms with van der Waals surface area (Å²) < 4.78 is 0. The highest BCUT2D eigenvalue weighted by atomic mass is 16.3. The Labute approximate surface area is 104 Å². The van der Waals surface area contributed by atoms with E-state index in [0.717, 1.165) is 39.1 Å². The van der Waals surface area contributed by atoms with Gasteiger partial charge in [0.1, 0.15) is 0 Å². The molecule has 0 amide bonds. The van der Waals surface area contributed by atoms with Gasteiger partial charge in [0.15, 0.2) is 0 Å². The Morgan fingerprint density at radius 3 is 2.35 bits per heavy atom. The summed E-state index contributed by atoms with van der Waals surface area (Å²) in [4.78, 5) is 4.77. The van der Waals surface area contributed by atoms with Gasteiger partial charge < -0.3 is 10.0 Å². The molecule has 1 heterocycles. The molecule has 0 aliphatic carbocycles. The summed E-state index contributed by atoms with van der Waals surface area (Å²) in [5.74, 6) is 0. The van der Waals surface area contributed by atoms with Gasteiger partial charge in [-0.2, -0.15) is 0 Å². The van der Waals surface area contributed by atoms with Crippen LogP contribution in [0.25, 0.3) is 0 Å². The minimum absolute atomic E-state index is 0.168. The quantitative estimate of drug-likeness (QED) is 0.857. The molecule has 1 aliphatic heterocycles. The Bertz CT molecular complexity index is 320. The van der Waals surface area contributed by atoms with Gasteiger partial charge in [0, 0.05) is 38.4 Å². The van der Waals surface area contributed by atoms with Crippen LogP contribution in [-0.2, 0) is 0 Å². The van der Waals surface area contributed by atoms with Crippen molar-refractivity contribution in [2.75, 3.05) is 37.6 Å². The topological polar surface area (TPSA) is 26.7 Å². The molecule has 1 aromatic rings. The summed E-state index contributed by atoms with van der Waals surface area (Å²) in [7, 11) is 0. The van der Waals surface area contributed by atoms with Gasteiger partial charge in [-0.05, 0) is 18.6 Å². The van der Waals surface area contributed by atoms with Crippen LogP contribution in [0.15, 0.2) is 30.3 Å². The average molecular weight is 234 g/mol. The molecule has 2 rings (SSSR count). The standard InChI is InChI=1S/C14H22N2O/c1-2-14(17)12-15-8-10-16(11-9-15)13-6-4-3-5-7-13/h3-7,14,17H,2,8-12H2,1H3/t14-/m1/s1. The minimum Gasteiger partial charge on any atom is -0.392 e. The van der Waals surface area contributed by atoms with Crippen molar-refractivity contribution in [1.29, 1.82) is 0 Å². The highest BCUT2D eigenvalue weighted by Gasteiger charge is 2.18. The Kier molecular flexibility index (Phi) is 4.40. The molecule has 3 heteroatoms. The van der Waals surface area contributed by atoms with Gasteiger partial charge in [-0.1, -0.05) is 25.1 Å². The van der Waals surface area contributed by atoms with Crippen molar-refractivity contribution < 1.29 is 5.11 Å². The molecule has 1 saturated heterocycles. The predicted octanol–water partition coefficient (Wildman–Crippen LogP) is 1.58. The molecule has 3 nitrogen and oxygen atoms in total. The van der Waals surface area contributed by atoms with Gasteiger partial charge >= 0.3 is 0 Å². The zero-order valence-electron chi connectivity index (χ0n) is 10.5. The Balaban J connectivity index is 1.82. The predicted molar refractivity (Wildman–Crippen MR) is 71.4 cm³/mol. The summed E-state index contributed by atoms with van der Waals surface area (Å²) >= 11 is 0. The monoisotopic (exact) mass is 234 g/mol. The summed E-state index contributed by atoms with van der Waals surface area (Å²) in [6.07, 6.45) is 0.678. The molecule has 0 radical (unpaired) electrons. The van der Waals surface area contributed by atoms with Gasteiger partial charge in [-0.25, -0.2) is 0 Å².